The molecule has 0 aliphatic carbocycles. The van der Waals surface area contributed by atoms with Gasteiger partial charge in [0, 0.05) is 38.3 Å². The van der Waals surface area contributed by atoms with Crippen LogP contribution in [0, 0.1) is 5.92 Å². The molecule has 3 aromatic rings. The Bertz CT molecular complexity index is 953. The smallest absolute Gasteiger partial charge is 0.320 e. The van der Waals surface area contributed by atoms with E-state index >= 15 is 0 Å². The summed E-state index contributed by atoms with van der Waals surface area (Å²) in [5.41, 5.74) is 2.91. The number of likely N-dealkylation sites (tertiary alicyclic amines) is 2. The van der Waals surface area contributed by atoms with Crippen molar-refractivity contribution >= 4 is 22.7 Å². The molecule has 2 unspecified atom stereocenters. The van der Waals surface area contributed by atoms with Crippen molar-refractivity contribution in [2.24, 2.45) is 5.92 Å². The fraction of sp³-hybridized carbons (Fsp3) is 0.526. The van der Waals surface area contributed by atoms with Crippen molar-refractivity contribution in [3.05, 3.63) is 30.5 Å². The Morgan fingerprint density at radius 1 is 1.15 bits per heavy atom. The van der Waals surface area contributed by atoms with Gasteiger partial charge in [0.2, 0.25) is 0 Å². The summed E-state index contributed by atoms with van der Waals surface area (Å²) >= 11 is 0. The van der Waals surface area contributed by atoms with Crippen LogP contribution >= 0.6 is 0 Å². The molecule has 1 N–H and O–H groups in total. The van der Waals surface area contributed by atoms with Crippen molar-refractivity contribution in [1.82, 2.24) is 29.2 Å². The van der Waals surface area contributed by atoms with Gasteiger partial charge in [0.15, 0.2) is 5.65 Å². The average Bonchev–Trinajstić information content (AvgIpc) is 3.40. The molecule has 3 aromatic heterocycles. The van der Waals surface area contributed by atoms with E-state index in [1.165, 1.54) is 0 Å². The van der Waals surface area contributed by atoms with Crippen LogP contribution in [0.4, 0.5) is 4.79 Å². The zero-order chi connectivity index (χ0) is 17.7. The van der Waals surface area contributed by atoms with Crippen LogP contribution in [0.3, 0.4) is 0 Å². The number of hydrogen-bond acceptors (Lipinski definition) is 3. The first-order chi connectivity index (χ1) is 12.7. The Morgan fingerprint density at radius 2 is 1.96 bits per heavy atom. The van der Waals surface area contributed by atoms with Gasteiger partial charge in [-0.3, -0.25) is 4.40 Å². The number of hydrogen-bond donors (Lipinski definition) is 1. The van der Waals surface area contributed by atoms with E-state index in [2.05, 4.69) is 21.3 Å². The number of aromatic nitrogens is 4. The highest BCUT2D eigenvalue weighted by atomic mass is 16.2. The van der Waals surface area contributed by atoms with Gasteiger partial charge < -0.3 is 14.8 Å². The highest BCUT2D eigenvalue weighted by molar-refractivity contribution is 5.76. The minimum atomic E-state index is 0.203. The van der Waals surface area contributed by atoms with Crippen LogP contribution in [0.1, 0.15) is 37.9 Å². The number of piperidine rings is 1. The number of carbonyl (C=O) groups excluding carboxylic acids is 1. The Labute approximate surface area is 152 Å². The molecule has 0 bridgehead atoms. The first-order valence-corrected chi connectivity index (χ1v) is 9.55. The second-order valence-corrected chi connectivity index (χ2v) is 7.64. The molecule has 5 rings (SSSR count). The van der Waals surface area contributed by atoms with Crippen LogP contribution in [0.5, 0.6) is 0 Å². The molecule has 2 aliphatic rings. The topological polar surface area (TPSA) is 69.5 Å². The Balaban J connectivity index is 1.51. The third-order valence-corrected chi connectivity index (χ3v) is 6.02. The molecule has 2 aliphatic heterocycles. The zero-order valence-electron chi connectivity index (χ0n) is 15.1. The number of urea groups is 1. The van der Waals surface area contributed by atoms with Crippen molar-refractivity contribution < 1.29 is 4.79 Å². The van der Waals surface area contributed by atoms with Crippen molar-refractivity contribution in [2.45, 2.75) is 32.1 Å². The maximum absolute atomic E-state index is 12.9. The summed E-state index contributed by atoms with van der Waals surface area (Å²) in [5, 5.41) is 0. The number of imidazole rings is 1. The Kier molecular flexibility index (Phi) is 3.62. The summed E-state index contributed by atoms with van der Waals surface area (Å²) in [6, 6.07) is 2.25. The molecule has 26 heavy (non-hydrogen) atoms. The number of nitrogens with zero attached hydrogens (tertiary/aromatic N) is 5. The van der Waals surface area contributed by atoms with Gasteiger partial charge in [-0.1, -0.05) is 6.92 Å². The number of amides is 2. The third kappa shape index (κ3) is 2.37. The molecule has 136 valence electrons. The number of rotatable bonds is 1. The second-order valence-electron chi connectivity index (χ2n) is 7.64. The molecule has 2 atom stereocenters. The van der Waals surface area contributed by atoms with Crippen LogP contribution < -0.4 is 0 Å². The summed E-state index contributed by atoms with van der Waals surface area (Å²) in [6.07, 6.45) is 8.93. The van der Waals surface area contributed by atoms with Crippen molar-refractivity contribution in [3.8, 4) is 0 Å². The van der Waals surface area contributed by atoms with E-state index < -0.39 is 0 Å². The number of carbonyl (C=O) groups is 1. The molecule has 2 fully saturated rings. The second kappa shape index (κ2) is 6.00. The van der Waals surface area contributed by atoms with Gasteiger partial charge in [-0.25, -0.2) is 14.8 Å². The minimum absolute atomic E-state index is 0.203. The van der Waals surface area contributed by atoms with Crippen LogP contribution in [0.15, 0.2) is 24.7 Å². The lowest BCUT2D eigenvalue weighted by molar-refractivity contribution is 0.132. The molecule has 0 radical (unpaired) electrons. The summed E-state index contributed by atoms with van der Waals surface area (Å²) in [7, 11) is 0. The predicted molar refractivity (Wildman–Crippen MR) is 99.1 cm³/mol. The van der Waals surface area contributed by atoms with Gasteiger partial charge >= 0.3 is 6.03 Å². The van der Waals surface area contributed by atoms with E-state index in [0.29, 0.717) is 5.92 Å². The molecular formula is C19H24N6O. The molecule has 5 heterocycles. The van der Waals surface area contributed by atoms with Crippen molar-refractivity contribution in [3.63, 3.8) is 0 Å². The van der Waals surface area contributed by atoms with E-state index in [0.717, 1.165) is 67.9 Å². The minimum Gasteiger partial charge on any atom is -0.345 e. The van der Waals surface area contributed by atoms with Crippen LogP contribution in [0.25, 0.3) is 16.7 Å². The van der Waals surface area contributed by atoms with E-state index in [-0.39, 0.29) is 11.9 Å². The van der Waals surface area contributed by atoms with Gasteiger partial charge in [0.1, 0.15) is 5.82 Å². The summed E-state index contributed by atoms with van der Waals surface area (Å²) in [5.74, 6) is 1.77. The van der Waals surface area contributed by atoms with E-state index in [1.54, 1.807) is 0 Å². The molecule has 0 aromatic carbocycles. The average molecular weight is 352 g/mol. The quantitative estimate of drug-likeness (QED) is 0.732. The van der Waals surface area contributed by atoms with Crippen LogP contribution in [-0.4, -0.2) is 61.4 Å². The summed E-state index contributed by atoms with van der Waals surface area (Å²) in [4.78, 5) is 29.3. The molecule has 0 spiro atoms. The normalized spacial score (nSPS) is 24.0. The largest absolute Gasteiger partial charge is 0.345 e. The predicted octanol–water partition coefficient (Wildman–Crippen LogP) is 2.85. The maximum Gasteiger partial charge on any atom is 0.320 e. The van der Waals surface area contributed by atoms with Gasteiger partial charge in [-0.2, -0.15) is 0 Å². The van der Waals surface area contributed by atoms with Crippen molar-refractivity contribution in [1.29, 1.82) is 0 Å². The first kappa shape index (κ1) is 15.7. The fourth-order valence-electron chi connectivity index (χ4n) is 4.45. The number of aromatic amines is 1. The number of nitrogens with one attached hydrogen (secondary N) is 1. The molecule has 7 nitrogen and oxygen atoms in total. The number of fused-ring (bicyclic) bond motifs is 3. The standard InChI is InChI=1S/C19H24N6O/c1-13-5-9-24(19(26)23-7-2-3-8-23)12-15(13)18-22-11-14-10-21-17-16(25(14)18)4-6-20-17/h4,6,10-11,13,15,20H,2-3,5,7-9,12H2,1H3. The molecular weight excluding hydrogens is 328 g/mol. The monoisotopic (exact) mass is 352 g/mol. The lowest BCUT2D eigenvalue weighted by Crippen LogP contribution is -2.48. The Morgan fingerprint density at radius 3 is 2.81 bits per heavy atom. The van der Waals surface area contributed by atoms with Crippen molar-refractivity contribution in [2.75, 3.05) is 26.2 Å². The van der Waals surface area contributed by atoms with Gasteiger partial charge in [0.05, 0.1) is 23.4 Å². The lowest BCUT2D eigenvalue weighted by atomic mass is 9.86. The highest BCUT2D eigenvalue weighted by Crippen LogP contribution is 2.33. The molecule has 2 saturated heterocycles. The van der Waals surface area contributed by atoms with Crippen LogP contribution in [-0.2, 0) is 0 Å². The first-order valence-electron chi connectivity index (χ1n) is 9.55. The zero-order valence-corrected chi connectivity index (χ0v) is 15.1. The van der Waals surface area contributed by atoms with Crippen LogP contribution in [0.2, 0.25) is 0 Å². The maximum atomic E-state index is 12.9. The van der Waals surface area contributed by atoms with E-state index in [4.69, 9.17) is 4.98 Å². The molecule has 2 amide bonds. The van der Waals surface area contributed by atoms with Gasteiger partial charge in [-0.15, -0.1) is 0 Å². The van der Waals surface area contributed by atoms with Gasteiger partial charge in [-0.05, 0) is 31.2 Å². The fourth-order valence-corrected chi connectivity index (χ4v) is 4.45. The summed E-state index contributed by atoms with van der Waals surface area (Å²) in [6.45, 7) is 5.66. The summed E-state index contributed by atoms with van der Waals surface area (Å²) < 4.78 is 2.20. The van der Waals surface area contributed by atoms with E-state index in [9.17, 15) is 4.79 Å². The van der Waals surface area contributed by atoms with E-state index in [1.807, 2.05) is 34.5 Å². The third-order valence-electron chi connectivity index (χ3n) is 6.02. The van der Waals surface area contributed by atoms with Gasteiger partial charge in [0.25, 0.3) is 0 Å². The lowest BCUT2D eigenvalue weighted by Gasteiger charge is -2.38. The molecule has 0 saturated carbocycles. The molecule has 7 heteroatoms. The Hall–Kier alpha value is -2.57. The number of H-pyrrole nitrogens is 1. The SMILES string of the molecule is CC1CCN(C(=O)N2CCCC2)CC1c1ncc2cnc3[nH]ccc3n12. The highest BCUT2D eigenvalue weighted by Gasteiger charge is 2.34.